The third-order valence-corrected chi connectivity index (χ3v) is 4.39. The highest BCUT2D eigenvalue weighted by molar-refractivity contribution is 9.10. The van der Waals surface area contributed by atoms with Crippen molar-refractivity contribution in [1.82, 2.24) is 0 Å². The number of methoxy groups -OCH3 is 1. The van der Waals surface area contributed by atoms with Crippen LogP contribution in [-0.4, -0.2) is 23.7 Å². The third-order valence-electron chi connectivity index (χ3n) is 2.85. The standard InChI is InChI=1S/C15H13BrN2O4S/c1-22-14-8-11(18(20)21)4-7-13(14)17-15(19)9-23-12-5-2-10(16)3-6-12/h2-8H,9H2,1H3,(H,17,19). The summed E-state index contributed by atoms with van der Waals surface area (Å²) >= 11 is 4.75. The van der Waals surface area contributed by atoms with Gasteiger partial charge in [-0.05, 0) is 30.3 Å². The molecule has 0 saturated carbocycles. The lowest BCUT2D eigenvalue weighted by Crippen LogP contribution is -2.14. The van der Waals surface area contributed by atoms with Crippen molar-refractivity contribution in [3.05, 3.63) is 57.1 Å². The SMILES string of the molecule is COc1cc([N+](=O)[O-])ccc1NC(=O)CSc1ccc(Br)cc1. The lowest BCUT2D eigenvalue weighted by atomic mass is 10.2. The van der Waals surface area contributed by atoms with E-state index in [-0.39, 0.29) is 23.1 Å². The van der Waals surface area contributed by atoms with Gasteiger partial charge in [0.25, 0.3) is 5.69 Å². The molecule has 0 fully saturated rings. The van der Waals surface area contributed by atoms with Gasteiger partial charge < -0.3 is 10.1 Å². The molecular weight excluding hydrogens is 384 g/mol. The van der Waals surface area contributed by atoms with Crippen molar-refractivity contribution in [2.75, 3.05) is 18.2 Å². The van der Waals surface area contributed by atoms with Crippen LogP contribution in [0.25, 0.3) is 0 Å². The summed E-state index contributed by atoms with van der Waals surface area (Å²) < 4.78 is 6.06. The van der Waals surface area contributed by atoms with E-state index < -0.39 is 4.92 Å². The summed E-state index contributed by atoms with van der Waals surface area (Å²) in [6.07, 6.45) is 0. The van der Waals surface area contributed by atoms with E-state index in [1.165, 1.54) is 37.1 Å². The fraction of sp³-hybridized carbons (Fsp3) is 0.133. The van der Waals surface area contributed by atoms with E-state index in [0.717, 1.165) is 9.37 Å². The fourth-order valence-electron chi connectivity index (χ4n) is 1.76. The van der Waals surface area contributed by atoms with E-state index in [1.54, 1.807) is 0 Å². The summed E-state index contributed by atoms with van der Waals surface area (Å²) in [5.41, 5.74) is 0.309. The van der Waals surface area contributed by atoms with Crippen LogP contribution in [0.15, 0.2) is 51.8 Å². The average Bonchev–Trinajstić information content (AvgIpc) is 2.54. The summed E-state index contributed by atoms with van der Waals surface area (Å²) in [6.45, 7) is 0. The van der Waals surface area contributed by atoms with Crippen molar-refractivity contribution in [2.24, 2.45) is 0 Å². The van der Waals surface area contributed by atoms with Crippen molar-refractivity contribution in [3.8, 4) is 5.75 Å². The molecule has 0 bridgehead atoms. The molecule has 0 aliphatic heterocycles. The number of carbonyl (C=O) groups excluding carboxylic acids is 1. The van der Waals surface area contributed by atoms with E-state index in [4.69, 9.17) is 4.74 Å². The number of amides is 1. The number of nitrogens with zero attached hydrogens (tertiary/aromatic N) is 1. The minimum atomic E-state index is -0.516. The molecule has 0 heterocycles. The Hall–Kier alpha value is -2.06. The first kappa shape index (κ1) is 17.3. The van der Waals surface area contributed by atoms with E-state index >= 15 is 0 Å². The van der Waals surface area contributed by atoms with Crippen molar-refractivity contribution in [1.29, 1.82) is 0 Å². The van der Waals surface area contributed by atoms with Crippen LogP contribution in [0, 0.1) is 10.1 Å². The zero-order valence-corrected chi connectivity index (χ0v) is 14.5. The summed E-state index contributed by atoms with van der Waals surface area (Å²) in [4.78, 5) is 23.2. The van der Waals surface area contributed by atoms with Crippen LogP contribution >= 0.6 is 27.7 Å². The van der Waals surface area contributed by atoms with Gasteiger partial charge >= 0.3 is 0 Å². The number of benzene rings is 2. The zero-order chi connectivity index (χ0) is 16.8. The summed E-state index contributed by atoms with van der Waals surface area (Å²) in [7, 11) is 1.39. The molecule has 0 unspecified atom stereocenters. The predicted molar refractivity (Wildman–Crippen MR) is 93.1 cm³/mol. The number of nitrogens with one attached hydrogen (secondary N) is 1. The van der Waals surface area contributed by atoms with Crippen LogP contribution < -0.4 is 10.1 Å². The molecule has 0 atom stereocenters. The Balaban J connectivity index is 1.99. The number of non-ortho nitro benzene ring substituents is 1. The Kier molecular flexibility index (Phi) is 6.00. The maximum atomic E-state index is 12.0. The van der Waals surface area contributed by atoms with Gasteiger partial charge in [-0.2, -0.15) is 0 Å². The average molecular weight is 397 g/mol. The number of ether oxygens (including phenoxy) is 1. The van der Waals surface area contributed by atoms with Crippen molar-refractivity contribution >= 4 is 45.0 Å². The first-order valence-electron chi connectivity index (χ1n) is 6.50. The maximum absolute atomic E-state index is 12.0. The normalized spacial score (nSPS) is 10.2. The van der Waals surface area contributed by atoms with Gasteiger partial charge in [-0.15, -0.1) is 11.8 Å². The number of carbonyl (C=O) groups is 1. The summed E-state index contributed by atoms with van der Waals surface area (Å²) in [6, 6.07) is 11.7. The third kappa shape index (κ3) is 4.97. The maximum Gasteiger partial charge on any atom is 0.273 e. The van der Waals surface area contributed by atoms with Gasteiger partial charge in [0, 0.05) is 15.4 Å². The number of nitro groups is 1. The second kappa shape index (κ2) is 7.98. The minimum Gasteiger partial charge on any atom is -0.494 e. The predicted octanol–water partition coefficient (Wildman–Crippen LogP) is 4.10. The highest BCUT2D eigenvalue weighted by Gasteiger charge is 2.13. The molecule has 6 nitrogen and oxygen atoms in total. The van der Waals surface area contributed by atoms with Gasteiger partial charge in [-0.25, -0.2) is 0 Å². The van der Waals surface area contributed by atoms with Crippen LogP contribution in [0.1, 0.15) is 0 Å². The fourth-order valence-corrected chi connectivity index (χ4v) is 2.73. The Morgan fingerprint density at radius 1 is 1.30 bits per heavy atom. The molecule has 0 aromatic heterocycles. The van der Waals surface area contributed by atoms with E-state index in [2.05, 4.69) is 21.2 Å². The van der Waals surface area contributed by atoms with Crippen LogP contribution in [-0.2, 0) is 4.79 Å². The topological polar surface area (TPSA) is 81.5 Å². The van der Waals surface area contributed by atoms with Crippen LogP contribution in [0.4, 0.5) is 11.4 Å². The molecule has 2 rings (SSSR count). The van der Waals surface area contributed by atoms with Crippen molar-refractivity contribution in [2.45, 2.75) is 4.90 Å². The van der Waals surface area contributed by atoms with E-state index in [1.807, 2.05) is 24.3 Å². The molecule has 0 aliphatic rings. The quantitative estimate of drug-likeness (QED) is 0.451. The number of hydrogen-bond acceptors (Lipinski definition) is 5. The van der Waals surface area contributed by atoms with Gasteiger partial charge in [-0.3, -0.25) is 14.9 Å². The van der Waals surface area contributed by atoms with Crippen molar-refractivity contribution < 1.29 is 14.5 Å². The van der Waals surface area contributed by atoms with Gasteiger partial charge in [0.2, 0.25) is 5.91 Å². The molecule has 8 heteroatoms. The van der Waals surface area contributed by atoms with Gasteiger partial charge in [0.05, 0.1) is 29.5 Å². The second-order valence-corrected chi connectivity index (χ2v) is 6.40. The number of nitro benzene ring substituents is 1. The Morgan fingerprint density at radius 3 is 2.61 bits per heavy atom. The zero-order valence-electron chi connectivity index (χ0n) is 12.1. The number of rotatable bonds is 6. The summed E-state index contributed by atoms with van der Waals surface area (Å²) in [5, 5.41) is 13.4. The highest BCUT2D eigenvalue weighted by atomic mass is 79.9. The van der Waals surface area contributed by atoms with Crippen LogP contribution in [0.3, 0.4) is 0 Å². The van der Waals surface area contributed by atoms with Crippen LogP contribution in [0.2, 0.25) is 0 Å². The molecular formula is C15H13BrN2O4S. The smallest absolute Gasteiger partial charge is 0.273 e. The molecule has 23 heavy (non-hydrogen) atoms. The molecule has 2 aromatic rings. The van der Waals surface area contributed by atoms with Gasteiger partial charge in [0.15, 0.2) is 0 Å². The van der Waals surface area contributed by atoms with E-state index in [0.29, 0.717) is 5.69 Å². The first-order valence-corrected chi connectivity index (χ1v) is 8.28. The number of anilines is 1. The van der Waals surface area contributed by atoms with Crippen LogP contribution in [0.5, 0.6) is 5.75 Å². The van der Waals surface area contributed by atoms with Crippen molar-refractivity contribution in [3.63, 3.8) is 0 Å². The molecule has 1 N–H and O–H groups in total. The number of thioether (sulfide) groups is 1. The molecule has 0 saturated heterocycles. The Labute approximate surface area is 145 Å². The Bertz CT molecular complexity index is 722. The highest BCUT2D eigenvalue weighted by Crippen LogP contribution is 2.29. The molecule has 1 amide bonds. The minimum absolute atomic E-state index is 0.0934. The molecule has 0 aliphatic carbocycles. The monoisotopic (exact) mass is 396 g/mol. The molecule has 0 radical (unpaired) electrons. The van der Waals surface area contributed by atoms with E-state index in [9.17, 15) is 14.9 Å². The number of halogens is 1. The Morgan fingerprint density at radius 2 is 2.00 bits per heavy atom. The second-order valence-electron chi connectivity index (χ2n) is 4.43. The molecule has 0 spiro atoms. The molecule has 2 aromatic carbocycles. The lowest BCUT2D eigenvalue weighted by Gasteiger charge is -2.10. The largest absolute Gasteiger partial charge is 0.494 e. The molecule has 120 valence electrons. The first-order chi connectivity index (χ1) is 11.0. The van der Waals surface area contributed by atoms with Gasteiger partial charge in [-0.1, -0.05) is 15.9 Å². The summed E-state index contributed by atoms with van der Waals surface area (Å²) in [5.74, 6) is 0.258. The number of hydrogen-bond donors (Lipinski definition) is 1. The lowest BCUT2D eigenvalue weighted by molar-refractivity contribution is -0.384. The van der Waals surface area contributed by atoms with Gasteiger partial charge in [0.1, 0.15) is 5.75 Å².